The van der Waals surface area contributed by atoms with Gasteiger partial charge in [0.1, 0.15) is 5.82 Å². The van der Waals surface area contributed by atoms with Crippen molar-refractivity contribution in [3.05, 3.63) is 63.6 Å². The third-order valence-corrected chi connectivity index (χ3v) is 6.90. The number of pyridine rings is 1. The van der Waals surface area contributed by atoms with Crippen molar-refractivity contribution in [2.45, 2.75) is 18.4 Å². The summed E-state index contributed by atoms with van der Waals surface area (Å²) in [6, 6.07) is 12.7. The van der Waals surface area contributed by atoms with E-state index in [4.69, 9.17) is 28.2 Å². The van der Waals surface area contributed by atoms with Crippen LogP contribution < -0.4 is 4.90 Å². The second-order valence-corrected chi connectivity index (χ2v) is 9.40. The Hall–Kier alpha value is -1.82. The zero-order valence-electron chi connectivity index (χ0n) is 14.0. The van der Waals surface area contributed by atoms with Crippen LogP contribution in [0.15, 0.2) is 47.4 Å². The number of fused-ring (bicyclic) bond motifs is 2. The molecule has 0 N–H and O–H groups in total. The molecule has 0 saturated carbocycles. The van der Waals surface area contributed by atoms with E-state index in [1.807, 2.05) is 30.0 Å². The zero-order chi connectivity index (χ0) is 18.5. The molecule has 26 heavy (non-hydrogen) atoms. The number of nitrogens with zero attached hydrogens (tertiary/aromatic N) is 2. The van der Waals surface area contributed by atoms with Crippen LogP contribution in [0.3, 0.4) is 0 Å². The molecule has 7 heteroatoms. The Kier molecular flexibility index (Phi) is 4.34. The first-order valence-electron chi connectivity index (χ1n) is 8.16. The molecule has 0 spiro atoms. The number of sulfone groups is 1. The van der Waals surface area contributed by atoms with E-state index in [1.54, 1.807) is 18.2 Å². The molecule has 1 aliphatic rings. The Balaban J connectivity index is 1.81. The second kappa shape index (κ2) is 6.41. The number of hydrogen-bond donors (Lipinski definition) is 0. The van der Waals surface area contributed by atoms with Gasteiger partial charge in [0.2, 0.25) is 0 Å². The van der Waals surface area contributed by atoms with Crippen LogP contribution in [-0.2, 0) is 16.4 Å². The summed E-state index contributed by atoms with van der Waals surface area (Å²) in [4.78, 5) is 6.95. The number of anilines is 1. The fourth-order valence-electron chi connectivity index (χ4n) is 3.22. The molecule has 2 heterocycles. The number of halogens is 2. The number of benzene rings is 2. The molecule has 0 unspecified atom stereocenters. The summed E-state index contributed by atoms with van der Waals surface area (Å²) in [5, 5.41) is 1.92. The van der Waals surface area contributed by atoms with Crippen molar-refractivity contribution in [3.8, 4) is 0 Å². The highest BCUT2D eigenvalue weighted by molar-refractivity contribution is 7.91. The average molecular weight is 407 g/mol. The summed E-state index contributed by atoms with van der Waals surface area (Å²) in [5.74, 6) is 0.676. The highest BCUT2D eigenvalue weighted by Gasteiger charge is 2.26. The van der Waals surface area contributed by atoms with Gasteiger partial charge in [-0.25, -0.2) is 13.4 Å². The lowest BCUT2D eigenvalue weighted by molar-refractivity contribution is 0.596. The van der Waals surface area contributed by atoms with E-state index < -0.39 is 9.84 Å². The van der Waals surface area contributed by atoms with E-state index in [-0.39, 0.29) is 5.75 Å². The molecule has 0 radical (unpaired) electrons. The standard InChI is InChI=1S/C19H16Cl2N2O2S/c1-12-2-5-17-15(8-12)16(21)10-19(22-17)23-6-7-26(24,25)18-9-14(20)4-3-13(18)11-23/h2-5,8-10H,6-7,11H2,1H3. The van der Waals surface area contributed by atoms with E-state index in [1.165, 1.54) is 6.07 Å². The predicted molar refractivity (Wildman–Crippen MR) is 106 cm³/mol. The van der Waals surface area contributed by atoms with Gasteiger partial charge < -0.3 is 4.90 Å². The van der Waals surface area contributed by atoms with Gasteiger partial charge in [-0.3, -0.25) is 0 Å². The van der Waals surface area contributed by atoms with Gasteiger partial charge in [-0.05, 0) is 42.8 Å². The molecule has 0 aliphatic carbocycles. The first kappa shape index (κ1) is 17.6. The fraction of sp³-hybridized carbons (Fsp3) is 0.211. The van der Waals surface area contributed by atoms with Crippen LogP contribution in [0.2, 0.25) is 10.0 Å². The second-order valence-electron chi connectivity index (χ2n) is 6.48. The fourth-order valence-corrected chi connectivity index (χ4v) is 5.22. The molecule has 3 aromatic rings. The van der Waals surface area contributed by atoms with Crippen molar-refractivity contribution in [3.63, 3.8) is 0 Å². The topological polar surface area (TPSA) is 50.3 Å². The smallest absolute Gasteiger partial charge is 0.180 e. The highest BCUT2D eigenvalue weighted by atomic mass is 35.5. The molecular weight excluding hydrogens is 391 g/mol. The van der Waals surface area contributed by atoms with E-state index in [0.29, 0.717) is 39.4 Å². The van der Waals surface area contributed by atoms with E-state index in [2.05, 4.69) is 0 Å². The minimum Gasteiger partial charge on any atom is -0.351 e. The minimum atomic E-state index is -3.39. The molecule has 0 amide bonds. The number of aryl methyl sites for hydroxylation is 1. The van der Waals surface area contributed by atoms with Crippen molar-refractivity contribution < 1.29 is 8.42 Å². The summed E-state index contributed by atoms with van der Waals surface area (Å²) in [6.45, 7) is 2.78. The van der Waals surface area contributed by atoms with Crippen LogP contribution in [0.25, 0.3) is 10.9 Å². The third kappa shape index (κ3) is 3.15. The molecule has 1 aliphatic heterocycles. The quantitative estimate of drug-likeness (QED) is 0.590. The van der Waals surface area contributed by atoms with Gasteiger partial charge in [-0.2, -0.15) is 0 Å². The largest absolute Gasteiger partial charge is 0.351 e. The van der Waals surface area contributed by atoms with Crippen LogP contribution in [0.1, 0.15) is 11.1 Å². The average Bonchev–Trinajstić information content (AvgIpc) is 2.72. The predicted octanol–water partition coefficient (Wildman–Crippen LogP) is 4.64. The molecule has 0 bridgehead atoms. The van der Waals surface area contributed by atoms with Crippen molar-refractivity contribution in [1.82, 2.24) is 4.98 Å². The van der Waals surface area contributed by atoms with Crippen LogP contribution in [0.5, 0.6) is 0 Å². The Bertz CT molecular complexity index is 1130. The molecule has 134 valence electrons. The van der Waals surface area contributed by atoms with E-state index >= 15 is 0 Å². The molecule has 4 nitrogen and oxygen atoms in total. The van der Waals surface area contributed by atoms with Gasteiger partial charge in [0, 0.05) is 23.5 Å². The maximum absolute atomic E-state index is 12.6. The molecule has 4 rings (SSSR count). The highest BCUT2D eigenvalue weighted by Crippen LogP contribution is 2.31. The van der Waals surface area contributed by atoms with Gasteiger partial charge in [0.05, 0.1) is 21.2 Å². The van der Waals surface area contributed by atoms with Crippen molar-refractivity contribution >= 4 is 49.8 Å². The van der Waals surface area contributed by atoms with Gasteiger partial charge in [0.25, 0.3) is 0 Å². The maximum atomic E-state index is 12.6. The number of aromatic nitrogens is 1. The van der Waals surface area contributed by atoms with Crippen LogP contribution in [0.4, 0.5) is 5.82 Å². The first-order valence-corrected chi connectivity index (χ1v) is 10.6. The zero-order valence-corrected chi connectivity index (χ0v) is 16.4. The Morgan fingerprint density at radius 3 is 2.69 bits per heavy atom. The SMILES string of the molecule is Cc1ccc2nc(N3CCS(=O)(=O)c4cc(Cl)ccc4C3)cc(Cl)c2c1. The number of rotatable bonds is 1. The summed E-state index contributed by atoms with van der Waals surface area (Å²) in [7, 11) is -3.39. The van der Waals surface area contributed by atoms with Crippen molar-refractivity contribution in [1.29, 1.82) is 0 Å². The summed E-state index contributed by atoms with van der Waals surface area (Å²) in [5.41, 5.74) is 2.62. The third-order valence-electron chi connectivity index (χ3n) is 4.58. The first-order chi connectivity index (χ1) is 12.3. The molecule has 1 aromatic heterocycles. The molecular formula is C19H16Cl2N2O2S. The van der Waals surface area contributed by atoms with Gasteiger partial charge in [0.15, 0.2) is 9.84 Å². The van der Waals surface area contributed by atoms with Crippen LogP contribution in [0, 0.1) is 6.92 Å². The van der Waals surface area contributed by atoms with Crippen LogP contribution >= 0.6 is 23.2 Å². The van der Waals surface area contributed by atoms with Gasteiger partial charge in [-0.15, -0.1) is 0 Å². The Labute approximate surface area is 162 Å². The molecule has 0 saturated heterocycles. The molecule has 0 atom stereocenters. The maximum Gasteiger partial charge on any atom is 0.180 e. The summed E-state index contributed by atoms with van der Waals surface area (Å²) >= 11 is 12.5. The monoisotopic (exact) mass is 406 g/mol. The lowest BCUT2D eigenvalue weighted by Crippen LogP contribution is -2.26. The van der Waals surface area contributed by atoms with Crippen molar-refractivity contribution in [2.24, 2.45) is 0 Å². The summed E-state index contributed by atoms with van der Waals surface area (Å²) in [6.07, 6.45) is 0. The van der Waals surface area contributed by atoms with Gasteiger partial charge >= 0.3 is 0 Å². The van der Waals surface area contributed by atoms with E-state index in [9.17, 15) is 8.42 Å². The molecule has 0 fully saturated rings. The lowest BCUT2D eigenvalue weighted by Gasteiger charge is -2.22. The van der Waals surface area contributed by atoms with E-state index in [0.717, 1.165) is 16.5 Å². The van der Waals surface area contributed by atoms with Gasteiger partial charge in [-0.1, -0.05) is 40.9 Å². The normalized spacial score (nSPS) is 16.3. The Morgan fingerprint density at radius 2 is 1.88 bits per heavy atom. The summed E-state index contributed by atoms with van der Waals surface area (Å²) < 4.78 is 25.2. The lowest BCUT2D eigenvalue weighted by atomic mass is 10.1. The number of hydrogen-bond acceptors (Lipinski definition) is 4. The van der Waals surface area contributed by atoms with Crippen LogP contribution in [-0.4, -0.2) is 25.7 Å². The van der Waals surface area contributed by atoms with Crippen molar-refractivity contribution in [2.75, 3.05) is 17.2 Å². The Morgan fingerprint density at radius 1 is 1.08 bits per heavy atom. The minimum absolute atomic E-state index is 0.00553. The molecule has 2 aromatic carbocycles.